The van der Waals surface area contributed by atoms with Crippen LogP contribution in [-0.4, -0.2) is 5.91 Å². The zero-order valence-corrected chi connectivity index (χ0v) is 11.8. The maximum atomic E-state index is 12.1. The molecule has 0 spiro atoms. The van der Waals surface area contributed by atoms with Crippen molar-refractivity contribution in [3.63, 3.8) is 0 Å². The molecule has 0 aliphatic heterocycles. The Bertz CT molecular complexity index is 590. The van der Waals surface area contributed by atoms with E-state index in [1.54, 1.807) is 6.07 Å². The van der Waals surface area contributed by atoms with Crippen LogP contribution in [0.2, 0.25) is 5.02 Å². The van der Waals surface area contributed by atoms with Crippen molar-refractivity contribution >= 4 is 23.2 Å². The Balaban J connectivity index is 2.15. The second kappa shape index (κ2) is 5.89. The zero-order chi connectivity index (χ0) is 13.8. The number of carbonyl (C=O) groups is 1. The van der Waals surface area contributed by atoms with Gasteiger partial charge in [-0.15, -0.1) is 0 Å². The number of carbonyl (C=O) groups excluding carboxylic acids is 1. The highest BCUT2D eigenvalue weighted by Gasteiger charge is 2.07. The summed E-state index contributed by atoms with van der Waals surface area (Å²) >= 11 is 5.89. The molecule has 98 valence electrons. The van der Waals surface area contributed by atoms with E-state index in [9.17, 15) is 4.79 Å². The van der Waals surface area contributed by atoms with Crippen LogP contribution in [0.15, 0.2) is 42.5 Å². The number of rotatable bonds is 3. The molecule has 0 aliphatic rings. The van der Waals surface area contributed by atoms with Gasteiger partial charge in [0.2, 0.25) is 0 Å². The number of hydrogen-bond donors (Lipinski definition) is 1. The molecule has 1 N–H and O–H groups in total. The molecule has 19 heavy (non-hydrogen) atoms. The van der Waals surface area contributed by atoms with Gasteiger partial charge in [0.15, 0.2) is 0 Å². The van der Waals surface area contributed by atoms with Crippen molar-refractivity contribution < 1.29 is 4.79 Å². The quantitative estimate of drug-likeness (QED) is 0.879. The van der Waals surface area contributed by atoms with Gasteiger partial charge in [-0.2, -0.15) is 0 Å². The Morgan fingerprint density at radius 3 is 2.42 bits per heavy atom. The number of nitrogens with one attached hydrogen (secondary N) is 1. The number of hydrogen-bond acceptors (Lipinski definition) is 1. The van der Waals surface area contributed by atoms with Gasteiger partial charge in [0.25, 0.3) is 5.91 Å². The van der Waals surface area contributed by atoms with Crippen LogP contribution in [0.25, 0.3) is 0 Å². The van der Waals surface area contributed by atoms with E-state index >= 15 is 0 Å². The molecule has 0 unspecified atom stereocenters. The molecule has 0 radical (unpaired) electrons. The summed E-state index contributed by atoms with van der Waals surface area (Å²) in [6.45, 7) is 4.01. The van der Waals surface area contributed by atoms with Crippen LogP contribution >= 0.6 is 11.6 Å². The molecule has 0 heterocycles. The van der Waals surface area contributed by atoms with Crippen molar-refractivity contribution in [2.75, 3.05) is 5.32 Å². The van der Waals surface area contributed by atoms with Crippen molar-refractivity contribution in [2.24, 2.45) is 0 Å². The second-order valence-electron chi connectivity index (χ2n) is 4.46. The van der Waals surface area contributed by atoms with Gasteiger partial charge in [0.05, 0.1) is 0 Å². The lowest BCUT2D eigenvalue weighted by molar-refractivity contribution is 0.102. The van der Waals surface area contributed by atoms with Gasteiger partial charge in [-0.1, -0.05) is 30.7 Å². The van der Waals surface area contributed by atoms with Crippen molar-refractivity contribution in [1.29, 1.82) is 0 Å². The molecule has 2 rings (SSSR count). The van der Waals surface area contributed by atoms with Gasteiger partial charge >= 0.3 is 0 Å². The van der Waals surface area contributed by atoms with Crippen LogP contribution in [0.4, 0.5) is 5.69 Å². The number of amides is 1. The van der Waals surface area contributed by atoms with Crippen LogP contribution < -0.4 is 5.32 Å². The Kier molecular flexibility index (Phi) is 4.23. The van der Waals surface area contributed by atoms with Crippen LogP contribution in [-0.2, 0) is 6.42 Å². The molecular weight excluding hydrogens is 258 g/mol. The molecule has 0 aromatic heterocycles. The van der Waals surface area contributed by atoms with Gasteiger partial charge < -0.3 is 5.32 Å². The predicted octanol–water partition coefficient (Wildman–Crippen LogP) is 4.46. The third kappa shape index (κ3) is 3.36. The fourth-order valence-corrected chi connectivity index (χ4v) is 2.08. The monoisotopic (exact) mass is 273 g/mol. The Morgan fingerprint density at radius 2 is 1.84 bits per heavy atom. The minimum absolute atomic E-state index is 0.104. The molecule has 0 saturated carbocycles. The smallest absolute Gasteiger partial charge is 0.255 e. The van der Waals surface area contributed by atoms with E-state index in [0.29, 0.717) is 10.6 Å². The minimum Gasteiger partial charge on any atom is -0.322 e. The molecule has 2 aromatic rings. The molecule has 0 aliphatic carbocycles. The van der Waals surface area contributed by atoms with Crippen molar-refractivity contribution in [3.05, 3.63) is 64.2 Å². The number of anilines is 1. The van der Waals surface area contributed by atoms with E-state index in [-0.39, 0.29) is 5.91 Å². The predicted molar refractivity (Wildman–Crippen MR) is 80.0 cm³/mol. The highest BCUT2D eigenvalue weighted by Crippen LogP contribution is 2.20. The summed E-state index contributed by atoms with van der Waals surface area (Å²) in [5, 5.41) is 3.56. The SMILES string of the molecule is CCc1ccc(C(=O)Nc2ccc(Cl)cc2C)cc1. The van der Waals surface area contributed by atoms with Gasteiger partial charge in [0.1, 0.15) is 0 Å². The summed E-state index contributed by atoms with van der Waals surface area (Å²) in [5.74, 6) is -0.104. The van der Waals surface area contributed by atoms with E-state index in [1.165, 1.54) is 5.56 Å². The van der Waals surface area contributed by atoms with Crippen molar-refractivity contribution in [3.8, 4) is 0 Å². The van der Waals surface area contributed by atoms with Crippen LogP contribution in [0, 0.1) is 6.92 Å². The van der Waals surface area contributed by atoms with Crippen LogP contribution in [0.5, 0.6) is 0 Å². The first-order valence-electron chi connectivity index (χ1n) is 6.26. The van der Waals surface area contributed by atoms with Crippen molar-refractivity contribution in [2.45, 2.75) is 20.3 Å². The average molecular weight is 274 g/mol. The maximum absolute atomic E-state index is 12.1. The van der Waals surface area contributed by atoms with Crippen LogP contribution in [0.3, 0.4) is 0 Å². The summed E-state index contributed by atoms with van der Waals surface area (Å²) in [5.41, 5.74) is 3.62. The zero-order valence-electron chi connectivity index (χ0n) is 11.0. The number of benzene rings is 2. The van der Waals surface area contributed by atoms with E-state index in [1.807, 2.05) is 43.3 Å². The third-order valence-corrected chi connectivity index (χ3v) is 3.30. The lowest BCUT2D eigenvalue weighted by Gasteiger charge is -2.09. The lowest BCUT2D eigenvalue weighted by Crippen LogP contribution is -2.12. The molecule has 0 bridgehead atoms. The standard InChI is InChI=1S/C16H16ClNO/c1-3-12-4-6-13(7-5-12)16(19)18-15-9-8-14(17)10-11(15)2/h4-10H,3H2,1-2H3,(H,18,19). The Labute approximate surface area is 118 Å². The third-order valence-electron chi connectivity index (χ3n) is 3.06. The van der Waals surface area contributed by atoms with Crippen LogP contribution in [0.1, 0.15) is 28.4 Å². The average Bonchev–Trinajstić information content (AvgIpc) is 2.42. The first-order chi connectivity index (χ1) is 9.10. The molecule has 1 amide bonds. The number of halogens is 1. The summed E-state index contributed by atoms with van der Waals surface area (Å²) in [6, 6.07) is 13.1. The normalized spacial score (nSPS) is 10.3. The molecule has 0 fully saturated rings. The fourth-order valence-electron chi connectivity index (χ4n) is 1.85. The summed E-state index contributed by atoms with van der Waals surface area (Å²) in [7, 11) is 0. The number of aryl methyl sites for hydroxylation is 2. The molecule has 0 saturated heterocycles. The van der Waals surface area contributed by atoms with E-state index in [2.05, 4.69) is 12.2 Å². The maximum Gasteiger partial charge on any atom is 0.255 e. The molecule has 2 nitrogen and oxygen atoms in total. The van der Waals surface area contributed by atoms with E-state index in [0.717, 1.165) is 17.7 Å². The van der Waals surface area contributed by atoms with Crippen molar-refractivity contribution in [1.82, 2.24) is 0 Å². The second-order valence-corrected chi connectivity index (χ2v) is 4.90. The first-order valence-corrected chi connectivity index (χ1v) is 6.64. The topological polar surface area (TPSA) is 29.1 Å². The summed E-state index contributed by atoms with van der Waals surface area (Å²) in [6.07, 6.45) is 0.970. The molecular formula is C16H16ClNO. The molecule has 0 atom stereocenters. The molecule has 3 heteroatoms. The first kappa shape index (κ1) is 13.6. The van der Waals surface area contributed by atoms with Gasteiger partial charge in [0, 0.05) is 16.3 Å². The van der Waals surface area contributed by atoms with Gasteiger partial charge in [-0.05, 0) is 54.8 Å². The minimum atomic E-state index is -0.104. The summed E-state index contributed by atoms with van der Waals surface area (Å²) in [4.78, 5) is 12.1. The summed E-state index contributed by atoms with van der Waals surface area (Å²) < 4.78 is 0. The largest absolute Gasteiger partial charge is 0.322 e. The van der Waals surface area contributed by atoms with Gasteiger partial charge in [-0.3, -0.25) is 4.79 Å². The lowest BCUT2D eigenvalue weighted by atomic mass is 10.1. The van der Waals surface area contributed by atoms with E-state index < -0.39 is 0 Å². The molecule has 2 aromatic carbocycles. The fraction of sp³-hybridized carbons (Fsp3) is 0.188. The Hall–Kier alpha value is -1.80. The highest BCUT2D eigenvalue weighted by molar-refractivity contribution is 6.30. The highest BCUT2D eigenvalue weighted by atomic mass is 35.5. The Morgan fingerprint density at radius 1 is 1.16 bits per heavy atom. The van der Waals surface area contributed by atoms with Gasteiger partial charge in [-0.25, -0.2) is 0 Å². The van der Waals surface area contributed by atoms with E-state index in [4.69, 9.17) is 11.6 Å².